The SMILES string of the molecule is COc1cc(C=CC(=O)N2CCC(CN)C2)cc(Cl)c1OC. The highest BCUT2D eigenvalue weighted by Gasteiger charge is 2.23. The summed E-state index contributed by atoms with van der Waals surface area (Å²) < 4.78 is 10.4. The van der Waals surface area contributed by atoms with E-state index in [4.69, 9.17) is 26.8 Å². The largest absolute Gasteiger partial charge is 0.493 e. The van der Waals surface area contributed by atoms with Crippen LogP contribution in [0.5, 0.6) is 11.5 Å². The quantitative estimate of drug-likeness (QED) is 0.843. The van der Waals surface area contributed by atoms with Gasteiger partial charge in [-0.2, -0.15) is 0 Å². The number of rotatable bonds is 5. The van der Waals surface area contributed by atoms with E-state index in [1.54, 1.807) is 31.4 Å². The lowest BCUT2D eigenvalue weighted by atomic mass is 10.1. The topological polar surface area (TPSA) is 64.8 Å². The van der Waals surface area contributed by atoms with Crippen LogP contribution in [-0.2, 0) is 4.79 Å². The Bertz CT molecular complexity index is 575. The smallest absolute Gasteiger partial charge is 0.246 e. The molecular weight excluding hydrogens is 304 g/mol. The van der Waals surface area contributed by atoms with Gasteiger partial charge in [0.05, 0.1) is 19.2 Å². The van der Waals surface area contributed by atoms with Crippen LogP contribution in [0.3, 0.4) is 0 Å². The molecule has 6 heteroatoms. The van der Waals surface area contributed by atoms with Crippen molar-refractivity contribution in [1.29, 1.82) is 0 Å². The van der Waals surface area contributed by atoms with Gasteiger partial charge in [-0.05, 0) is 42.7 Å². The van der Waals surface area contributed by atoms with Gasteiger partial charge < -0.3 is 20.1 Å². The van der Waals surface area contributed by atoms with Crippen LogP contribution >= 0.6 is 11.6 Å². The van der Waals surface area contributed by atoms with Crippen molar-refractivity contribution in [2.75, 3.05) is 33.9 Å². The highest BCUT2D eigenvalue weighted by atomic mass is 35.5. The first-order valence-electron chi connectivity index (χ1n) is 7.17. The summed E-state index contributed by atoms with van der Waals surface area (Å²) in [7, 11) is 3.08. The van der Waals surface area contributed by atoms with E-state index in [0.29, 0.717) is 29.0 Å². The molecule has 0 saturated carbocycles. The summed E-state index contributed by atoms with van der Waals surface area (Å²) in [6, 6.07) is 3.51. The first kappa shape index (κ1) is 16.6. The third kappa shape index (κ3) is 3.72. The minimum atomic E-state index is -0.0122. The number of likely N-dealkylation sites (tertiary alicyclic amines) is 1. The second-order valence-corrected chi connectivity index (χ2v) is 5.65. The number of hydrogen-bond donors (Lipinski definition) is 1. The summed E-state index contributed by atoms with van der Waals surface area (Å²) in [6.45, 7) is 2.11. The van der Waals surface area contributed by atoms with Crippen molar-refractivity contribution >= 4 is 23.6 Å². The van der Waals surface area contributed by atoms with Crippen LogP contribution < -0.4 is 15.2 Å². The number of nitrogens with zero attached hydrogens (tertiary/aromatic N) is 1. The number of carbonyl (C=O) groups is 1. The number of nitrogens with two attached hydrogens (primary N) is 1. The zero-order valence-electron chi connectivity index (χ0n) is 12.8. The third-order valence-electron chi connectivity index (χ3n) is 3.81. The molecule has 2 rings (SSSR count). The number of carbonyl (C=O) groups excluding carboxylic acids is 1. The zero-order valence-corrected chi connectivity index (χ0v) is 13.6. The van der Waals surface area contributed by atoms with Crippen molar-refractivity contribution in [3.63, 3.8) is 0 Å². The first-order valence-corrected chi connectivity index (χ1v) is 7.55. The number of halogens is 1. The average Bonchev–Trinajstić information content (AvgIpc) is 3.01. The Morgan fingerprint density at radius 3 is 2.82 bits per heavy atom. The molecule has 22 heavy (non-hydrogen) atoms. The van der Waals surface area contributed by atoms with Crippen LogP contribution in [-0.4, -0.2) is 44.7 Å². The molecule has 0 aliphatic carbocycles. The normalized spacial score (nSPS) is 18.0. The van der Waals surface area contributed by atoms with Gasteiger partial charge in [-0.1, -0.05) is 11.6 Å². The third-order valence-corrected chi connectivity index (χ3v) is 4.09. The number of ether oxygens (including phenoxy) is 2. The van der Waals surface area contributed by atoms with E-state index in [2.05, 4.69) is 0 Å². The fourth-order valence-corrected chi connectivity index (χ4v) is 2.83. The van der Waals surface area contributed by atoms with Gasteiger partial charge >= 0.3 is 0 Å². The second kappa shape index (κ2) is 7.51. The molecule has 1 fully saturated rings. The molecule has 1 heterocycles. The average molecular weight is 325 g/mol. The molecule has 0 aromatic heterocycles. The predicted molar refractivity (Wildman–Crippen MR) is 87.3 cm³/mol. The van der Waals surface area contributed by atoms with Gasteiger partial charge in [-0.3, -0.25) is 4.79 Å². The van der Waals surface area contributed by atoms with Crippen LogP contribution in [0.25, 0.3) is 6.08 Å². The van der Waals surface area contributed by atoms with Gasteiger partial charge in [0, 0.05) is 19.2 Å². The lowest BCUT2D eigenvalue weighted by Crippen LogP contribution is -2.28. The Morgan fingerprint density at radius 2 is 2.23 bits per heavy atom. The Kier molecular flexibility index (Phi) is 5.69. The van der Waals surface area contributed by atoms with Crippen LogP contribution in [0, 0.1) is 5.92 Å². The summed E-state index contributed by atoms with van der Waals surface area (Å²) in [5.74, 6) is 1.42. The minimum absolute atomic E-state index is 0.0122. The van der Waals surface area contributed by atoms with Crippen molar-refractivity contribution < 1.29 is 14.3 Å². The number of benzene rings is 1. The number of amides is 1. The second-order valence-electron chi connectivity index (χ2n) is 5.25. The van der Waals surface area contributed by atoms with E-state index in [-0.39, 0.29) is 5.91 Å². The first-order chi connectivity index (χ1) is 10.6. The van der Waals surface area contributed by atoms with E-state index < -0.39 is 0 Å². The minimum Gasteiger partial charge on any atom is -0.493 e. The highest BCUT2D eigenvalue weighted by Crippen LogP contribution is 2.36. The summed E-state index contributed by atoms with van der Waals surface area (Å²) in [5.41, 5.74) is 6.42. The maximum absolute atomic E-state index is 12.2. The lowest BCUT2D eigenvalue weighted by molar-refractivity contribution is -0.125. The Labute approximate surface area is 135 Å². The van der Waals surface area contributed by atoms with Crippen LogP contribution in [0.2, 0.25) is 5.02 Å². The molecule has 0 spiro atoms. The summed E-state index contributed by atoms with van der Waals surface area (Å²) in [4.78, 5) is 14.0. The molecule has 1 saturated heterocycles. The van der Waals surface area contributed by atoms with Crippen molar-refractivity contribution in [1.82, 2.24) is 4.90 Å². The van der Waals surface area contributed by atoms with Crippen LogP contribution in [0.4, 0.5) is 0 Å². The van der Waals surface area contributed by atoms with Gasteiger partial charge in [0.15, 0.2) is 11.5 Å². The lowest BCUT2D eigenvalue weighted by Gasteiger charge is -2.13. The molecule has 5 nitrogen and oxygen atoms in total. The fraction of sp³-hybridized carbons (Fsp3) is 0.438. The summed E-state index contributed by atoms with van der Waals surface area (Å²) in [6.07, 6.45) is 4.25. The number of hydrogen-bond acceptors (Lipinski definition) is 4. The van der Waals surface area contributed by atoms with E-state index >= 15 is 0 Å². The van der Waals surface area contributed by atoms with Crippen molar-refractivity contribution in [3.05, 3.63) is 28.8 Å². The molecule has 1 amide bonds. The van der Waals surface area contributed by atoms with E-state index in [1.165, 1.54) is 7.11 Å². The molecule has 1 aliphatic heterocycles. The van der Waals surface area contributed by atoms with Gasteiger partial charge in [0.25, 0.3) is 0 Å². The molecule has 1 aromatic rings. The van der Waals surface area contributed by atoms with Crippen molar-refractivity contribution in [2.24, 2.45) is 11.7 Å². The van der Waals surface area contributed by atoms with Crippen LogP contribution in [0.15, 0.2) is 18.2 Å². The fourth-order valence-electron chi connectivity index (χ4n) is 2.53. The van der Waals surface area contributed by atoms with Crippen molar-refractivity contribution in [2.45, 2.75) is 6.42 Å². The molecule has 120 valence electrons. The highest BCUT2D eigenvalue weighted by molar-refractivity contribution is 6.32. The van der Waals surface area contributed by atoms with E-state index in [9.17, 15) is 4.79 Å². The molecule has 1 atom stereocenters. The number of methoxy groups -OCH3 is 2. The molecule has 0 bridgehead atoms. The predicted octanol–water partition coefficient (Wildman–Crippen LogP) is 2.18. The molecule has 1 unspecified atom stereocenters. The Balaban J connectivity index is 2.10. The maximum atomic E-state index is 12.2. The molecule has 0 radical (unpaired) electrons. The molecule has 1 aliphatic rings. The van der Waals surface area contributed by atoms with E-state index in [1.807, 2.05) is 4.90 Å². The van der Waals surface area contributed by atoms with Gasteiger partial charge in [-0.15, -0.1) is 0 Å². The zero-order chi connectivity index (χ0) is 16.1. The van der Waals surface area contributed by atoms with Crippen LogP contribution in [0.1, 0.15) is 12.0 Å². The molecular formula is C16H21ClN2O3. The Hall–Kier alpha value is -1.72. The standard InChI is InChI=1S/C16H21ClN2O3/c1-21-14-8-11(7-13(17)16(14)22-2)3-4-15(20)19-6-5-12(9-18)10-19/h3-4,7-8,12H,5-6,9-10,18H2,1-2H3. The monoisotopic (exact) mass is 324 g/mol. The van der Waals surface area contributed by atoms with Gasteiger partial charge in [-0.25, -0.2) is 0 Å². The van der Waals surface area contributed by atoms with Crippen molar-refractivity contribution in [3.8, 4) is 11.5 Å². The Morgan fingerprint density at radius 1 is 1.45 bits per heavy atom. The summed E-state index contributed by atoms with van der Waals surface area (Å²) >= 11 is 6.15. The summed E-state index contributed by atoms with van der Waals surface area (Å²) in [5, 5.41) is 0.443. The maximum Gasteiger partial charge on any atom is 0.246 e. The molecule has 1 aromatic carbocycles. The molecule has 2 N–H and O–H groups in total. The van der Waals surface area contributed by atoms with Gasteiger partial charge in [0.1, 0.15) is 0 Å². The van der Waals surface area contributed by atoms with Gasteiger partial charge in [0.2, 0.25) is 5.91 Å². The van der Waals surface area contributed by atoms with E-state index in [0.717, 1.165) is 25.1 Å².